The van der Waals surface area contributed by atoms with E-state index in [1.807, 2.05) is 0 Å². The molecule has 0 saturated heterocycles. The number of fused-ring (bicyclic) bond motifs is 3. The number of aryl methyl sites for hydroxylation is 1. The normalized spacial score (nSPS) is 15.9. The van der Waals surface area contributed by atoms with E-state index in [4.69, 9.17) is 0 Å². The van der Waals surface area contributed by atoms with Crippen LogP contribution >= 0.6 is 0 Å². The Morgan fingerprint density at radius 2 is 1.69 bits per heavy atom. The number of allylic oxidation sites excluding steroid dienone is 3. The molecule has 0 amide bonds. The zero-order valence-corrected chi connectivity index (χ0v) is 18.8. The van der Waals surface area contributed by atoms with Crippen molar-refractivity contribution in [1.29, 1.82) is 0 Å². The molecular weight excluding hydrogens is 350 g/mol. The van der Waals surface area contributed by atoms with Gasteiger partial charge in [0.2, 0.25) is 0 Å². The minimum atomic E-state index is 0.444. The minimum Gasteiger partial charge on any atom is -0.303 e. The van der Waals surface area contributed by atoms with Crippen LogP contribution in [0.2, 0.25) is 0 Å². The largest absolute Gasteiger partial charge is 0.303 e. The smallest absolute Gasteiger partial charge is 0.0310 e. The second-order valence-corrected chi connectivity index (χ2v) is 8.91. The van der Waals surface area contributed by atoms with Crippen LogP contribution in [0.4, 0.5) is 0 Å². The van der Waals surface area contributed by atoms with Crippen molar-refractivity contribution in [2.45, 2.75) is 53.0 Å². The molecule has 0 bridgehead atoms. The summed E-state index contributed by atoms with van der Waals surface area (Å²) in [6.07, 6.45) is 8.23. The Morgan fingerprint density at radius 3 is 2.34 bits per heavy atom. The molecule has 29 heavy (non-hydrogen) atoms. The highest BCUT2D eigenvalue weighted by Crippen LogP contribution is 2.50. The summed E-state index contributed by atoms with van der Waals surface area (Å²) in [6, 6.07) is 14.1. The SMILES string of the molecule is CCCc1ccc2c(c1C1=CC(C(C)N(C)C)=CC1)C(=C(C)C)c1ccccc1-2. The molecule has 1 unspecified atom stereocenters. The van der Waals surface area contributed by atoms with Crippen LogP contribution in [0.25, 0.3) is 22.3 Å². The zero-order chi connectivity index (χ0) is 20.7. The van der Waals surface area contributed by atoms with E-state index in [1.54, 1.807) is 0 Å². The fourth-order valence-corrected chi connectivity index (χ4v) is 4.87. The molecule has 0 spiro atoms. The maximum absolute atomic E-state index is 2.46. The lowest BCUT2D eigenvalue weighted by molar-refractivity contribution is 0.355. The van der Waals surface area contributed by atoms with Gasteiger partial charge in [0.05, 0.1) is 0 Å². The zero-order valence-electron chi connectivity index (χ0n) is 18.8. The highest BCUT2D eigenvalue weighted by atomic mass is 15.1. The van der Waals surface area contributed by atoms with Crippen LogP contribution in [0, 0.1) is 0 Å². The number of likely N-dealkylation sites (N-methyl/N-ethyl adjacent to an activating group) is 1. The van der Waals surface area contributed by atoms with Crippen LogP contribution in [-0.2, 0) is 6.42 Å². The maximum Gasteiger partial charge on any atom is 0.0310 e. The number of rotatable bonds is 5. The molecule has 1 atom stereocenters. The Hall–Kier alpha value is -2.38. The van der Waals surface area contributed by atoms with E-state index in [9.17, 15) is 0 Å². The van der Waals surface area contributed by atoms with Crippen LogP contribution in [0.5, 0.6) is 0 Å². The van der Waals surface area contributed by atoms with Crippen molar-refractivity contribution in [1.82, 2.24) is 4.90 Å². The average molecular weight is 384 g/mol. The Bertz CT molecular complexity index is 1040. The van der Waals surface area contributed by atoms with Crippen LogP contribution in [-0.4, -0.2) is 25.0 Å². The number of benzene rings is 2. The summed E-state index contributed by atoms with van der Waals surface area (Å²) in [7, 11) is 4.33. The molecule has 0 saturated carbocycles. The van der Waals surface area contributed by atoms with Crippen molar-refractivity contribution >= 4 is 11.1 Å². The molecule has 0 radical (unpaired) electrons. The van der Waals surface area contributed by atoms with Crippen LogP contribution < -0.4 is 0 Å². The highest BCUT2D eigenvalue weighted by molar-refractivity contribution is 6.06. The monoisotopic (exact) mass is 383 g/mol. The topological polar surface area (TPSA) is 3.24 Å². The standard InChI is InChI=1S/C28H33N/c1-7-10-20-15-16-25-23-11-8-9-12-24(23)26(18(2)3)28(25)27(20)22-14-13-21(17-22)19(4)29(5)6/h8-9,11-13,15-17,19H,7,10,14H2,1-6H3. The molecule has 1 nitrogen and oxygen atoms in total. The Kier molecular flexibility index (Phi) is 5.36. The van der Waals surface area contributed by atoms with Gasteiger partial charge in [-0.2, -0.15) is 0 Å². The first-order valence-electron chi connectivity index (χ1n) is 10.9. The lowest BCUT2D eigenvalue weighted by Crippen LogP contribution is -2.25. The molecule has 4 rings (SSSR count). The van der Waals surface area contributed by atoms with Gasteiger partial charge in [-0.25, -0.2) is 0 Å². The Balaban J connectivity index is 1.95. The summed E-state index contributed by atoms with van der Waals surface area (Å²) < 4.78 is 0. The van der Waals surface area contributed by atoms with Crippen molar-refractivity contribution in [3.63, 3.8) is 0 Å². The van der Waals surface area contributed by atoms with Gasteiger partial charge >= 0.3 is 0 Å². The molecule has 0 heterocycles. The summed E-state index contributed by atoms with van der Waals surface area (Å²) in [6.45, 7) is 9.11. The summed E-state index contributed by atoms with van der Waals surface area (Å²) in [5.41, 5.74) is 14.4. The lowest BCUT2D eigenvalue weighted by atomic mass is 9.86. The minimum absolute atomic E-state index is 0.444. The average Bonchev–Trinajstić information content (AvgIpc) is 3.30. The molecule has 150 valence electrons. The Labute approximate surface area is 176 Å². The van der Waals surface area contributed by atoms with E-state index in [2.05, 4.69) is 95.2 Å². The van der Waals surface area contributed by atoms with Gasteiger partial charge in [-0.05, 0) is 97.8 Å². The predicted octanol–water partition coefficient (Wildman–Crippen LogP) is 7.12. The summed E-state index contributed by atoms with van der Waals surface area (Å²) in [5, 5.41) is 0. The van der Waals surface area contributed by atoms with E-state index >= 15 is 0 Å². The van der Waals surface area contributed by atoms with Crippen molar-refractivity contribution in [3.8, 4) is 11.1 Å². The van der Waals surface area contributed by atoms with Crippen molar-refractivity contribution in [3.05, 3.63) is 82.0 Å². The van der Waals surface area contributed by atoms with Gasteiger partial charge in [-0.3, -0.25) is 0 Å². The number of hydrogen-bond donors (Lipinski definition) is 0. The van der Waals surface area contributed by atoms with Crippen LogP contribution in [0.1, 0.15) is 62.8 Å². The summed E-state index contributed by atoms with van der Waals surface area (Å²) in [4.78, 5) is 2.30. The van der Waals surface area contributed by atoms with Crippen molar-refractivity contribution in [2.24, 2.45) is 0 Å². The van der Waals surface area contributed by atoms with Gasteiger partial charge in [0.15, 0.2) is 0 Å². The third kappa shape index (κ3) is 3.32. The van der Waals surface area contributed by atoms with Gasteiger partial charge in [-0.1, -0.05) is 67.5 Å². The molecule has 0 aromatic heterocycles. The maximum atomic E-state index is 2.46. The second-order valence-electron chi connectivity index (χ2n) is 8.91. The quantitative estimate of drug-likeness (QED) is 0.453. The fraction of sp³-hybridized carbons (Fsp3) is 0.357. The van der Waals surface area contributed by atoms with Gasteiger partial charge in [0, 0.05) is 6.04 Å². The third-order valence-electron chi connectivity index (χ3n) is 6.52. The first kappa shape index (κ1) is 19.9. The molecule has 0 N–H and O–H groups in total. The summed E-state index contributed by atoms with van der Waals surface area (Å²) >= 11 is 0. The van der Waals surface area contributed by atoms with E-state index < -0.39 is 0 Å². The molecule has 2 aromatic carbocycles. The first-order chi connectivity index (χ1) is 13.9. The summed E-state index contributed by atoms with van der Waals surface area (Å²) in [5.74, 6) is 0. The van der Waals surface area contributed by atoms with Gasteiger partial charge in [-0.15, -0.1) is 0 Å². The fourth-order valence-electron chi connectivity index (χ4n) is 4.87. The molecule has 2 aliphatic carbocycles. The lowest BCUT2D eigenvalue weighted by Gasteiger charge is -2.20. The molecule has 2 aliphatic rings. The van der Waals surface area contributed by atoms with Gasteiger partial charge < -0.3 is 4.90 Å². The highest BCUT2D eigenvalue weighted by Gasteiger charge is 2.30. The van der Waals surface area contributed by atoms with Crippen LogP contribution in [0.3, 0.4) is 0 Å². The number of hydrogen-bond acceptors (Lipinski definition) is 1. The molecule has 0 fully saturated rings. The van der Waals surface area contributed by atoms with Crippen molar-refractivity contribution < 1.29 is 0 Å². The van der Waals surface area contributed by atoms with Gasteiger partial charge in [0.1, 0.15) is 0 Å². The van der Waals surface area contributed by atoms with E-state index in [0.29, 0.717) is 6.04 Å². The van der Waals surface area contributed by atoms with E-state index in [-0.39, 0.29) is 0 Å². The third-order valence-corrected chi connectivity index (χ3v) is 6.52. The van der Waals surface area contributed by atoms with E-state index in [0.717, 1.165) is 12.8 Å². The molecule has 2 aromatic rings. The van der Waals surface area contributed by atoms with Gasteiger partial charge in [0.25, 0.3) is 0 Å². The first-order valence-corrected chi connectivity index (χ1v) is 10.9. The number of nitrogens with zero attached hydrogens (tertiary/aromatic N) is 1. The van der Waals surface area contributed by atoms with Crippen LogP contribution in [0.15, 0.2) is 59.7 Å². The molecule has 1 heteroatoms. The Morgan fingerprint density at radius 1 is 0.966 bits per heavy atom. The van der Waals surface area contributed by atoms with Crippen molar-refractivity contribution in [2.75, 3.05) is 14.1 Å². The second kappa shape index (κ2) is 7.80. The van der Waals surface area contributed by atoms with E-state index in [1.165, 1.54) is 62.1 Å². The molecular formula is C28H33N. The molecule has 0 aliphatic heterocycles. The predicted molar refractivity (Wildman–Crippen MR) is 127 cm³/mol.